The quantitative estimate of drug-likeness (QED) is 0.581. The highest BCUT2D eigenvalue weighted by molar-refractivity contribution is 5.43. The SMILES string of the molecule is C=CC1C2CC1c1ccccc1O2.O=CO. The van der Waals surface area contributed by atoms with Crippen molar-refractivity contribution < 1.29 is 14.6 Å². The molecule has 0 amide bonds. The zero-order chi connectivity index (χ0) is 11.5. The summed E-state index contributed by atoms with van der Waals surface area (Å²) in [5.74, 6) is 2.31. The summed E-state index contributed by atoms with van der Waals surface area (Å²) >= 11 is 0. The number of carboxylic acid groups (broad SMARTS) is 1. The molecule has 16 heavy (non-hydrogen) atoms. The van der Waals surface area contributed by atoms with Crippen LogP contribution in [0.25, 0.3) is 0 Å². The lowest BCUT2D eigenvalue weighted by molar-refractivity contribution is -0.122. The van der Waals surface area contributed by atoms with E-state index in [-0.39, 0.29) is 6.47 Å². The normalized spacial score (nSPS) is 28.4. The number of hydrogen-bond acceptors (Lipinski definition) is 2. The molecule has 1 saturated carbocycles. The van der Waals surface area contributed by atoms with Crippen LogP contribution >= 0.6 is 0 Å². The van der Waals surface area contributed by atoms with Gasteiger partial charge in [0.1, 0.15) is 11.9 Å². The Morgan fingerprint density at radius 2 is 2.12 bits per heavy atom. The molecule has 2 heterocycles. The summed E-state index contributed by atoms with van der Waals surface area (Å²) < 4.78 is 5.83. The van der Waals surface area contributed by atoms with Crippen LogP contribution in [-0.2, 0) is 4.79 Å². The number of rotatable bonds is 1. The molecule has 0 saturated heterocycles. The van der Waals surface area contributed by atoms with Gasteiger partial charge < -0.3 is 9.84 Å². The van der Waals surface area contributed by atoms with Gasteiger partial charge in [-0.3, -0.25) is 4.79 Å². The van der Waals surface area contributed by atoms with Crippen LogP contribution in [0.2, 0.25) is 0 Å². The fraction of sp³-hybridized carbons (Fsp3) is 0.308. The van der Waals surface area contributed by atoms with Gasteiger partial charge >= 0.3 is 0 Å². The summed E-state index contributed by atoms with van der Waals surface area (Å²) in [6.45, 7) is 3.61. The smallest absolute Gasteiger partial charge is 0.290 e. The Labute approximate surface area is 94.4 Å². The molecule has 1 aromatic carbocycles. The van der Waals surface area contributed by atoms with Crippen molar-refractivity contribution in [3.63, 3.8) is 0 Å². The summed E-state index contributed by atoms with van der Waals surface area (Å²) in [5.41, 5.74) is 1.37. The Bertz CT molecular complexity index is 400. The molecule has 0 radical (unpaired) electrons. The molecule has 1 aromatic rings. The molecule has 4 rings (SSSR count). The first-order valence-electron chi connectivity index (χ1n) is 5.27. The molecule has 3 heteroatoms. The zero-order valence-electron chi connectivity index (χ0n) is 8.87. The monoisotopic (exact) mass is 218 g/mol. The molecule has 2 bridgehead atoms. The van der Waals surface area contributed by atoms with Gasteiger partial charge in [-0.15, -0.1) is 6.58 Å². The van der Waals surface area contributed by atoms with Gasteiger partial charge in [0, 0.05) is 11.8 Å². The molecule has 3 unspecified atom stereocenters. The third-order valence-corrected chi connectivity index (χ3v) is 3.25. The first-order valence-corrected chi connectivity index (χ1v) is 5.27. The van der Waals surface area contributed by atoms with E-state index in [2.05, 4.69) is 24.8 Å². The lowest BCUT2D eigenvalue weighted by atomic mass is 9.65. The first kappa shape index (κ1) is 10.7. The number of carbonyl (C=O) groups is 1. The van der Waals surface area contributed by atoms with Crippen molar-refractivity contribution in [1.29, 1.82) is 0 Å². The molecular formula is C13H14O3. The minimum Gasteiger partial charge on any atom is -0.489 e. The minimum absolute atomic E-state index is 0.250. The Hall–Kier alpha value is -1.77. The highest BCUT2D eigenvalue weighted by atomic mass is 16.5. The Kier molecular flexibility index (Phi) is 2.95. The zero-order valence-corrected chi connectivity index (χ0v) is 8.87. The lowest BCUT2D eigenvalue weighted by Gasteiger charge is -2.48. The van der Waals surface area contributed by atoms with E-state index in [4.69, 9.17) is 14.6 Å². The van der Waals surface area contributed by atoms with Gasteiger partial charge in [-0.25, -0.2) is 0 Å². The second kappa shape index (κ2) is 4.39. The maximum atomic E-state index is 8.36. The van der Waals surface area contributed by atoms with Crippen LogP contribution in [0.5, 0.6) is 5.75 Å². The summed E-state index contributed by atoms with van der Waals surface area (Å²) in [6.07, 6.45) is 3.61. The summed E-state index contributed by atoms with van der Waals surface area (Å²) in [7, 11) is 0. The van der Waals surface area contributed by atoms with Gasteiger partial charge in [-0.2, -0.15) is 0 Å². The molecule has 2 aliphatic heterocycles. The van der Waals surface area contributed by atoms with E-state index in [9.17, 15) is 0 Å². The van der Waals surface area contributed by atoms with Crippen LogP contribution < -0.4 is 4.74 Å². The third-order valence-electron chi connectivity index (χ3n) is 3.25. The maximum absolute atomic E-state index is 8.36. The van der Waals surface area contributed by atoms with E-state index in [1.165, 1.54) is 12.0 Å². The summed E-state index contributed by atoms with van der Waals surface area (Å²) in [4.78, 5) is 8.36. The fourth-order valence-electron chi connectivity index (χ4n) is 2.46. The number of hydrogen-bond donors (Lipinski definition) is 1. The van der Waals surface area contributed by atoms with Crippen molar-refractivity contribution >= 4 is 6.47 Å². The van der Waals surface area contributed by atoms with Gasteiger partial charge in [0.15, 0.2) is 0 Å². The molecule has 1 aliphatic carbocycles. The van der Waals surface area contributed by atoms with Crippen LogP contribution in [0.1, 0.15) is 17.9 Å². The topological polar surface area (TPSA) is 46.5 Å². The van der Waals surface area contributed by atoms with Crippen molar-refractivity contribution in [3.8, 4) is 5.75 Å². The van der Waals surface area contributed by atoms with E-state index in [0.717, 1.165) is 5.75 Å². The fourth-order valence-corrected chi connectivity index (χ4v) is 2.46. The average molecular weight is 218 g/mol. The standard InChI is InChI=1S/C12H12O.CH2O2/c1-2-8-10-7-12(8)13-11-6-4-3-5-9(10)11;2-1-3/h2-6,8,10,12H,1,7H2;1H,(H,2,3). The Morgan fingerprint density at radius 3 is 2.81 bits per heavy atom. The van der Waals surface area contributed by atoms with Crippen molar-refractivity contribution in [2.45, 2.75) is 18.4 Å². The van der Waals surface area contributed by atoms with E-state index in [0.29, 0.717) is 17.9 Å². The maximum Gasteiger partial charge on any atom is 0.290 e. The van der Waals surface area contributed by atoms with Crippen molar-refractivity contribution in [2.24, 2.45) is 5.92 Å². The van der Waals surface area contributed by atoms with Crippen molar-refractivity contribution in [3.05, 3.63) is 42.5 Å². The van der Waals surface area contributed by atoms with Crippen LogP contribution in [0, 0.1) is 5.92 Å². The molecule has 1 N–H and O–H groups in total. The van der Waals surface area contributed by atoms with E-state index >= 15 is 0 Å². The average Bonchev–Trinajstić information content (AvgIpc) is 2.29. The van der Waals surface area contributed by atoms with Crippen molar-refractivity contribution in [2.75, 3.05) is 0 Å². The van der Waals surface area contributed by atoms with E-state index in [1.807, 2.05) is 12.1 Å². The molecular weight excluding hydrogens is 204 g/mol. The predicted octanol–water partition coefficient (Wildman–Crippen LogP) is 2.44. The van der Waals surface area contributed by atoms with Crippen LogP contribution in [0.3, 0.4) is 0 Å². The number of benzene rings is 1. The molecule has 0 aromatic heterocycles. The number of ether oxygens (including phenoxy) is 1. The lowest BCUT2D eigenvalue weighted by Crippen LogP contribution is -2.46. The van der Waals surface area contributed by atoms with Crippen LogP contribution in [0.15, 0.2) is 36.9 Å². The summed E-state index contributed by atoms with van der Waals surface area (Å²) in [5, 5.41) is 6.89. The summed E-state index contributed by atoms with van der Waals surface area (Å²) in [6, 6.07) is 8.35. The third kappa shape index (κ3) is 1.58. The van der Waals surface area contributed by atoms with Crippen LogP contribution in [-0.4, -0.2) is 17.7 Å². The Balaban J connectivity index is 0.000000292. The second-order valence-corrected chi connectivity index (χ2v) is 3.95. The first-order chi connectivity index (χ1) is 7.81. The van der Waals surface area contributed by atoms with Gasteiger partial charge in [-0.1, -0.05) is 24.3 Å². The molecule has 84 valence electrons. The van der Waals surface area contributed by atoms with Gasteiger partial charge in [0.05, 0.1) is 0 Å². The van der Waals surface area contributed by atoms with E-state index < -0.39 is 0 Å². The van der Waals surface area contributed by atoms with Gasteiger partial charge in [0.25, 0.3) is 6.47 Å². The van der Waals surface area contributed by atoms with E-state index in [1.54, 1.807) is 0 Å². The van der Waals surface area contributed by atoms with Gasteiger partial charge in [0.2, 0.25) is 0 Å². The molecule has 3 atom stereocenters. The molecule has 0 spiro atoms. The largest absolute Gasteiger partial charge is 0.489 e. The Morgan fingerprint density at radius 1 is 1.44 bits per heavy atom. The highest BCUT2D eigenvalue weighted by Crippen LogP contribution is 2.52. The second-order valence-electron chi connectivity index (χ2n) is 3.95. The highest BCUT2D eigenvalue weighted by Gasteiger charge is 2.46. The number of para-hydroxylation sites is 1. The van der Waals surface area contributed by atoms with Gasteiger partial charge in [-0.05, 0) is 18.1 Å². The molecule has 3 nitrogen and oxygen atoms in total. The van der Waals surface area contributed by atoms with Crippen molar-refractivity contribution in [1.82, 2.24) is 0 Å². The predicted molar refractivity (Wildman–Crippen MR) is 60.6 cm³/mol. The molecule has 1 fully saturated rings. The van der Waals surface area contributed by atoms with Crippen LogP contribution in [0.4, 0.5) is 0 Å². The molecule has 3 aliphatic rings. The minimum atomic E-state index is -0.250.